The van der Waals surface area contributed by atoms with Gasteiger partial charge in [-0.05, 0) is 60.5 Å². The lowest BCUT2D eigenvalue weighted by Gasteiger charge is -2.18. The van der Waals surface area contributed by atoms with Gasteiger partial charge < -0.3 is 5.32 Å². The quantitative estimate of drug-likeness (QED) is 0.735. The van der Waals surface area contributed by atoms with Crippen molar-refractivity contribution >= 4 is 33.2 Å². The minimum atomic E-state index is 0.230. The normalized spacial score (nSPS) is 12.3. The number of benzene rings is 2. The predicted molar refractivity (Wildman–Crippen MR) is 87.1 cm³/mol. The van der Waals surface area contributed by atoms with Gasteiger partial charge in [0.2, 0.25) is 0 Å². The fourth-order valence-corrected chi connectivity index (χ4v) is 2.72. The fourth-order valence-electron chi connectivity index (χ4n) is 2.18. The van der Waals surface area contributed by atoms with Gasteiger partial charge in [0.1, 0.15) is 0 Å². The number of nitrogens with one attached hydrogen (secondary N) is 1. The summed E-state index contributed by atoms with van der Waals surface area (Å²) in [5, 5.41) is 4.22. The summed E-state index contributed by atoms with van der Waals surface area (Å²) in [4.78, 5) is 0. The van der Waals surface area contributed by atoms with Crippen LogP contribution in [-0.4, -0.2) is 0 Å². The maximum Gasteiger partial charge on any atom is 0.0504 e. The minimum Gasteiger partial charge on any atom is -0.378 e. The molecule has 2 aromatic rings. The Kier molecular flexibility index (Phi) is 4.54. The van der Waals surface area contributed by atoms with Crippen LogP contribution in [0.4, 0.5) is 5.69 Å². The van der Waals surface area contributed by atoms with E-state index in [1.807, 2.05) is 18.2 Å². The van der Waals surface area contributed by atoms with Crippen LogP contribution in [0.3, 0.4) is 0 Å². The highest BCUT2D eigenvalue weighted by molar-refractivity contribution is 9.10. The van der Waals surface area contributed by atoms with Crippen LogP contribution in [-0.2, 0) is 0 Å². The Labute approximate surface area is 128 Å². The van der Waals surface area contributed by atoms with Gasteiger partial charge in [-0.15, -0.1) is 0 Å². The first kappa shape index (κ1) is 14.4. The van der Waals surface area contributed by atoms with Crippen LogP contribution in [0.2, 0.25) is 5.02 Å². The van der Waals surface area contributed by atoms with Crippen molar-refractivity contribution in [1.29, 1.82) is 0 Å². The second-order valence-corrected chi connectivity index (χ2v) is 6.20. The van der Waals surface area contributed by atoms with Gasteiger partial charge in [-0.25, -0.2) is 0 Å². The standard InChI is InChI=1S/C16H17BrClN/c1-10-6-11(2)8-13(7-10)12(3)19-16-9-14(18)4-5-15(16)17/h4-9,12,19H,1-3H3. The van der Waals surface area contributed by atoms with E-state index < -0.39 is 0 Å². The van der Waals surface area contributed by atoms with Crippen LogP contribution in [0.25, 0.3) is 0 Å². The zero-order valence-electron chi connectivity index (χ0n) is 11.3. The van der Waals surface area contributed by atoms with Crippen molar-refractivity contribution in [3.05, 3.63) is 62.6 Å². The maximum absolute atomic E-state index is 6.04. The fraction of sp³-hybridized carbons (Fsp3) is 0.250. The van der Waals surface area contributed by atoms with Crippen LogP contribution in [0.15, 0.2) is 40.9 Å². The molecule has 3 heteroatoms. The molecule has 1 unspecified atom stereocenters. The molecule has 100 valence electrons. The van der Waals surface area contributed by atoms with Crippen molar-refractivity contribution < 1.29 is 0 Å². The molecule has 0 aromatic heterocycles. The molecule has 0 amide bonds. The van der Waals surface area contributed by atoms with E-state index in [0.29, 0.717) is 0 Å². The molecule has 1 N–H and O–H groups in total. The van der Waals surface area contributed by atoms with Crippen LogP contribution >= 0.6 is 27.5 Å². The third kappa shape index (κ3) is 3.74. The van der Waals surface area contributed by atoms with E-state index in [2.05, 4.69) is 60.2 Å². The Balaban J connectivity index is 2.25. The lowest BCUT2D eigenvalue weighted by atomic mass is 10.0. The molecule has 0 saturated heterocycles. The summed E-state index contributed by atoms with van der Waals surface area (Å²) in [5.41, 5.74) is 4.87. The second-order valence-electron chi connectivity index (χ2n) is 4.91. The molecule has 0 radical (unpaired) electrons. The number of aryl methyl sites for hydroxylation is 2. The average Bonchev–Trinajstić information content (AvgIpc) is 2.32. The summed E-state index contributed by atoms with van der Waals surface area (Å²) < 4.78 is 1.02. The topological polar surface area (TPSA) is 12.0 Å². The van der Waals surface area contributed by atoms with Crippen LogP contribution in [0, 0.1) is 13.8 Å². The van der Waals surface area contributed by atoms with Crippen LogP contribution in [0.1, 0.15) is 29.7 Å². The highest BCUT2D eigenvalue weighted by atomic mass is 79.9. The molecule has 0 spiro atoms. The van der Waals surface area contributed by atoms with E-state index in [4.69, 9.17) is 11.6 Å². The molecule has 0 saturated carbocycles. The van der Waals surface area contributed by atoms with E-state index in [0.717, 1.165) is 15.2 Å². The third-order valence-corrected chi connectivity index (χ3v) is 3.97. The second kappa shape index (κ2) is 5.98. The van der Waals surface area contributed by atoms with Gasteiger partial charge in [0.05, 0.1) is 5.69 Å². The van der Waals surface area contributed by atoms with Gasteiger partial charge in [-0.1, -0.05) is 40.9 Å². The molecule has 1 nitrogen and oxygen atoms in total. The highest BCUT2D eigenvalue weighted by Gasteiger charge is 2.09. The van der Waals surface area contributed by atoms with E-state index in [9.17, 15) is 0 Å². The number of anilines is 1. The van der Waals surface area contributed by atoms with Gasteiger partial charge in [-0.3, -0.25) is 0 Å². The van der Waals surface area contributed by atoms with Gasteiger partial charge in [0.15, 0.2) is 0 Å². The SMILES string of the molecule is Cc1cc(C)cc(C(C)Nc2cc(Cl)ccc2Br)c1. The Morgan fingerprint density at radius 1 is 1.05 bits per heavy atom. The first-order valence-electron chi connectivity index (χ1n) is 6.25. The zero-order valence-corrected chi connectivity index (χ0v) is 13.6. The summed E-state index contributed by atoms with van der Waals surface area (Å²) in [6, 6.07) is 12.6. The first-order valence-corrected chi connectivity index (χ1v) is 7.42. The van der Waals surface area contributed by atoms with Gasteiger partial charge in [0, 0.05) is 15.5 Å². The maximum atomic E-state index is 6.04. The Morgan fingerprint density at radius 2 is 1.68 bits per heavy atom. The van der Waals surface area contributed by atoms with Crippen molar-refractivity contribution in [3.8, 4) is 0 Å². The van der Waals surface area contributed by atoms with Gasteiger partial charge in [0.25, 0.3) is 0 Å². The Hall–Kier alpha value is -0.990. The Bertz CT molecular complexity index is 575. The first-order chi connectivity index (χ1) is 8.95. The molecule has 0 fully saturated rings. The smallest absolute Gasteiger partial charge is 0.0504 e. The molecule has 1 atom stereocenters. The van der Waals surface area contributed by atoms with Crippen LogP contribution < -0.4 is 5.32 Å². The summed E-state index contributed by atoms with van der Waals surface area (Å²) in [6.45, 7) is 6.40. The molecule has 0 bridgehead atoms. The minimum absolute atomic E-state index is 0.230. The van der Waals surface area contributed by atoms with Crippen molar-refractivity contribution in [2.45, 2.75) is 26.8 Å². The van der Waals surface area contributed by atoms with Crippen LogP contribution in [0.5, 0.6) is 0 Å². The molecule has 0 aliphatic heterocycles. The number of hydrogen-bond donors (Lipinski definition) is 1. The van der Waals surface area contributed by atoms with Crippen molar-refractivity contribution in [2.24, 2.45) is 0 Å². The molecule has 2 aromatic carbocycles. The monoisotopic (exact) mass is 337 g/mol. The van der Waals surface area contributed by atoms with Crippen molar-refractivity contribution in [1.82, 2.24) is 0 Å². The van der Waals surface area contributed by atoms with Crippen molar-refractivity contribution in [2.75, 3.05) is 5.32 Å². The third-order valence-electron chi connectivity index (χ3n) is 3.04. The van der Waals surface area contributed by atoms with Crippen molar-refractivity contribution in [3.63, 3.8) is 0 Å². The largest absolute Gasteiger partial charge is 0.378 e. The lowest BCUT2D eigenvalue weighted by molar-refractivity contribution is 0.879. The summed E-state index contributed by atoms with van der Waals surface area (Å²) in [5.74, 6) is 0. The summed E-state index contributed by atoms with van der Waals surface area (Å²) in [6.07, 6.45) is 0. The van der Waals surface area contributed by atoms with E-state index in [1.54, 1.807) is 0 Å². The van der Waals surface area contributed by atoms with E-state index in [-0.39, 0.29) is 6.04 Å². The molecule has 0 aliphatic rings. The number of hydrogen-bond acceptors (Lipinski definition) is 1. The zero-order chi connectivity index (χ0) is 14.0. The Morgan fingerprint density at radius 3 is 2.32 bits per heavy atom. The summed E-state index contributed by atoms with van der Waals surface area (Å²) in [7, 11) is 0. The van der Waals surface area contributed by atoms with Gasteiger partial charge in [-0.2, -0.15) is 0 Å². The van der Waals surface area contributed by atoms with Gasteiger partial charge >= 0.3 is 0 Å². The molecule has 0 heterocycles. The molecule has 0 aliphatic carbocycles. The predicted octanol–water partition coefficient (Wildman–Crippen LogP) is 5.89. The lowest BCUT2D eigenvalue weighted by Crippen LogP contribution is -2.07. The molecular formula is C16H17BrClN. The molecule has 2 rings (SSSR count). The average molecular weight is 339 g/mol. The van der Waals surface area contributed by atoms with E-state index in [1.165, 1.54) is 16.7 Å². The summed E-state index contributed by atoms with van der Waals surface area (Å²) >= 11 is 9.58. The highest BCUT2D eigenvalue weighted by Crippen LogP contribution is 2.29. The molecular weight excluding hydrogens is 322 g/mol. The van der Waals surface area contributed by atoms with E-state index >= 15 is 0 Å². The number of halogens is 2. The molecule has 19 heavy (non-hydrogen) atoms. The number of rotatable bonds is 3.